The molecule has 0 unspecified atom stereocenters. The lowest BCUT2D eigenvalue weighted by atomic mass is 10.1. The molecule has 0 aromatic heterocycles. The lowest BCUT2D eigenvalue weighted by Crippen LogP contribution is -2.08. The number of aliphatic carboxylic acids is 1. The van der Waals surface area contributed by atoms with Gasteiger partial charge in [0.25, 0.3) is 9.05 Å². The molecule has 0 radical (unpaired) electrons. The highest BCUT2D eigenvalue weighted by atomic mass is 35.7. The van der Waals surface area contributed by atoms with Gasteiger partial charge in [-0.3, -0.25) is 4.79 Å². The molecule has 7 heteroatoms. The van der Waals surface area contributed by atoms with Crippen molar-refractivity contribution in [3.05, 3.63) is 22.8 Å². The van der Waals surface area contributed by atoms with Crippen LogP contribution in [-0.4, -0.2) is 26.1 Å². The number of carboxylic acid groups (broad SMARTS) is 1. The van der Waals surface area contributed by atoms with Gasteiger partial charge in [0.1, 0.15) is 5.75 Å². The normalized spacial score (nSPS) is 11.4. The summed E-state index contributed by atoms with van der Waals surface area (Å²) in [6, 6.07) is 1.43. The van der Waals surface area contributed by atoms with E-state index >= 15 is 0 Å². The van der Waals surface area contributed by atoms with Crippen LogP contribution in [0, 0.1) is 20.8 Å². The number of aryl methyl sites for hydroxylation is 1. The Labute approximate surface area is 116 Å². The van der Waals surface area contributed by atoms with Crippen LogP contribution in [0.4, 0.5) is 0 Å². The van der Waals surface area contributed by atoms with Crippen LogP contribution in [0.2, 0.25) is 0 Å². The number of benzene rings is 1. The summed E-state index contributed by atoms with van der Waals surface area (Å²) in [5, 5.41) is 8.56. The molecule has 0 aliphatic rings. The van der Waals surface area contributed by atoms with Crippen molar-refractivity contribution in [1.82, 2.24) is 0 Å². The summed E-state index contributed by atoms with van der Waals surface area (Å²) in [6.07, 6.45) is -0.118. The molecule has 0 aliphatic heterocycles. The number of halogens is 1. The zero-order chi connectivity index (χ0) is 14.8. The summed E-state index contributed by atoms with van der Waals surface area (Å²) in [4.78, 5) is 10.5. The van der Waals surface area contributed by atoms with Gasteiger partial charge >= 0.3 is 5.97 Å². The van der Waals surface area contributed by atoms with Crippen molar-refractivity contribution in [3.8, 4) is 5.75 Å². The van der Waals surface area contributed by atoms with Crippen molar-refractivity contribution >= 4 is 25.7 Å². The maximum atomic E-state index is 11.4. The van der Waals surface area contributed by atoms with E-state index in [1.165, 1.54) is 6.07 Å². The van der Waals surface area contributed by atoms with Crippen LogP contribution in [-0.2, 0) is 13.8 Å². The minimum absolute atomic E-state index is 0.0312. The molecule has 0 atom stereocenters. The predicted molar refractivity (Wildman–Crippen MR) is 71.4 cm³/mol. The molecule has 0 spiro atoms. The van der Waals surface area contributed by atoms with E-state index in [0.29, 0.717) is 22.4 Å². The van der Waals surface area contributed by atoms with Gasteiger partial charge in [-0.25, -0.2) is 8.42 Å². The first-order valence-corrected chi connectivity index (χ1v) is 7.85. The Morgan fingerprint density at radius 3 is 2.37 bits per heavy atom. The van der Waals surface area contributed by atoms with Gasteiger partial charge < -0.3 is 9.84 Å². The van der Waals surface area contributed by atoms with Gasteiger partial charge in [-0.1, -0.05) is 0 Å². The molecule has 0 aliphatic carbocycles. The van der Waals surface area contributed by atoms with E-state index in [-0.39, 0.29) is 17.9 Å². The smallest absolute Gasteiger partial charge is 0.306 e. The first-order valence-electron chi connectivity index (χ1n) is 5.54. The number of carbonyl (C=O) groups is 1. The second-order valence-electron chi connectivity index (χ2n) is 4.20. The summed E-state index contributed by atoms with van der Waals surface area (Å²) in [5.74, 6) is -0.449. The highest BCUT2D eigenvalue weighted by molar-refractivity contribution is 8.13. The van der Waals surface area contributed by atoms with Gasteiger partial charge in [-0.05, 0) is 43.5 Å². The third-order valence-electron chi connectivity index (χ3n) is 2.80. The van der Waals surface area contributed by atoms with E-state index in [9.17, 15) is 13.2 Å². The van der Waals surface area contributed by atoms with Gasteiger partial charge in [0.2, 0.25) is 0 Å². The minimum atomic E-state index is -3.81. The van der Waals surface area contributed by atoms with Gasteiger partial charge in [-0.15, -0.1) is 0 Å². The van der Waals surface area contributed by atoms with Gasteiger partial charge in [0.05, 0.1) is 17.9 Å². The van der Waals surface area contributed by atoms with E-state index in [2.05, 4.69) is 0 Å². The molecule has 19 heavy (non-hydrogen) atoms. The quantitative estimate of drug-likeness (QED) is 0.845. The van der Waals surface area contributed by atoms with Crippen LogP contribution in [0.25, 0.3) is 0 Å². The fourth-order valence-electron chi connectivity index (χ4n) is 1.74. The van der Waals surface area contributed by atoms with Crippen LogP contribution in [0.1, 0.15) is 23.1 Å². The lowest BCUT2D eigenvalue weighted by molar-refractivity contribution is -0.137. The lowest BCUT2D eigenvalue weighted by Gasteiger charge is -2.15. The molecule has 1 aromatic rings. The molecule has 0 fully saturated rings. The van der Waals surface area contributed by atoms with Gasteiger partial charge in [0.15, 0.2) is 0 Å². The zero-order valence-electron chi connectivity index (χ0n) is 10.9. The van der Waals surface area contributed by atoms with E-state index in [4.69, 9.17) is 20.5 Å². The van der Waals surface area contributed by atoms with Crippen LogP contribution < -0.4 is 4.74 Å². The van der Waals surface area contributed by atoms with Crippen molar-refractivity contribution in [2.24, 2.45) is 0 Å². The monoisotopic (exact) mass is 306 g/mol. The first-order chi connectivity index (χ1) is 8.64. The zero-order valence-corrected chi connectivity index (χ0v) is 12.4. The average Bonchev–Trinajstić information content (AvgIpc) is 2.26. The van der Waals surface area contributed by atoms with E-state index in [1.807, 2.05) is 0 Å². The summed E-state index contributed by atoms with van der Waals surface area (Å²) >= 11 is 0. The third-order valence-corrected chi connectivity index (χ3v) is 4.25. The van der Waals surface area contributed by atoms with E-state index < -0.39 is 15.0 Å². The van der Waals surface area contributed by atoms with Crippen LogP contribution >= 0.6 is 10.7 Å². The Hall–Kier alpha value is -1.27. The van der Waals surface area contributed by atoms with Crippen LogP contribution in [0.3, 0.4) is 0 Å². The molecule has 0 heterocycles. The Bertz CT molecular complexity index is 607. The van der Waals surface area contributed by atoms with Crippen molar-refractivity contribution in [2.45, 2.75) is 32.1 Å². The first kappa shape index (κ1) is 15.8. The number of ether oxygens (including phenoxy) is 1. The number of rotatable bonds is 5. The molecule has 1 N–H and O–H groups in total. The predicted octanol–water partition coefficient (Wildman–Crippen LogP) is 2.39. The van der Waals surface area contributed by atoms with E-state index in [1.54, 1.807) is 20.8 Å². The largest absolute Gasteiger partial charge is 0.492 e. The topological polar surface area (TPSA) is 80.7 Å². The van der Waals surface area contributed by atoms with Crippen LogP contribution in [0.5, 0.6) is 5.75 Å². The molecule has 0 saturated heterocycles. The van der Waals surface area contributed by atoms with Crippen molar-refractivity contribution in [2.75, 3.05) is 6.61 Å². The molecule has 0 bridgehead atoms. The number of hydrogen-bond acceptors (Lipinski definition) is 4. The van der Waals surface area contributed by atoms with Crippen molar-refractivity contribution in [3.63, 3.8) is 0 Å². The summed E-state index contributed by atoms with van der Waals surface area (Å²) < 4.78 is 28.2. The highest BCUT2D eigenvalue weighted by Crippen LogP contribution is 2.32. The molecule has 1 aromatic carbocycles. The molecular weight excluding hydrogens is 292 g/mol. The summed E-state index contributed by atoms with van der Waals surface area (Å²) in [7, 11) is 1.55. The second-order valence-corrected chi connectivity index (χ2v) is 6.74. The Kier molecular flexibility index (Phi) is 4.81. The third kappa shape index (κ3) is 3.84. The molecule has 0 amide bonds. The highest BCUT2D eigenvalue weighted by Gasteiger charge is 2.19. The Morgan fingerprint density at radius 2 is 1.89 bits per heavy atom. The SMILES string of the molecule is Cc1cc(S(=O)(=O)Cl)c(C)c(C)c1OCCC(=O)O. The molecular formula is C12H15ClO5S. The van der Waals surface area contributed by atoms with Gasteiger partial charge in [0, 0.05) is 10.7 Å². The number of carboxylic acids is 1. The maximum absolute atomic E-state index is 11.4. The standard InChI is InChI=1S/C12H15ClO5S/c1-7-6-10(19(13,16)17)8(2)9(3)12(7)18-5-4-11(14)15/h6H,4-5H2,1-3H3,(H,14,15). The van der Waals surface area contributed by atoms with Gasteiger partial charge in [-0.2, -0.15) is 0 Å². The number of hydrogen-bond donors (Lipinski definition) is 1. The fourth-order valence-corrected chi connectivity index (χ4v) is 3.05. The summed E-state index contributed by atoms with van der Waals surface area (Å²) in [5.41, 5.74) is 1.75. The second kappa shape index (κ2) is 5.79. The Balaban J connectivity index is 3.16. The minimum Gasteiger partial charge on any atom is -0.492 e. The summed E-state index contributed by atoms with van der Waals surface area (Å²) in [6.45, 7) is 5.07. The van der Waals surface area contributed by atoms with Crippen molar-refractivity contribution in [1.29, 1.82) is 0 Å². The fraction of sp³-hybridized carbons (Fsp3) is 0.417. The molecule has 0 saturated carbocycles. The maximum Gasteiger partial charge on any atom is 0.306 e. The molecule has 106 valence electrons. The van der Waals surface area contributed by atoms with Crippen LogP contribution in [0.15, 0.2) is 11.0 Å². The van der Waals surface area contributed by atoms with Crippen molar-refractivity contribution < 1.29 is 23.1 Å². The molecule has 5 nitrogen and oxygen atoms in total. The molecule has 1 rings (SSSR count). The van der Waals surface area contributed by atoms with E-state index in [0.717, 1.165) is 0 Å². The Morgan fingerprint density at radius 1 is 1.32 bits per heavy atom. The average molecular weight is 307 g/mol.